The van der Waals surface area contributed by atoms with Crippen LogP contribution >= 0.6 is 0 Å². The summed E-state index contributed by atoms with van der Waals surface area (Å²) in [7, 11) is 0. The van der Waals surface area contributed by atoms with E-state index in [1.165, 1.54) is 16.3 Å². The second kappa shape index (κ2) is 5.30. The van der Waals surface area contributed by atoms with E-state index in [0.29, 0.717) is 25.7 Å². The van der Waals surface area contributed by atoms with Crippen molar-refractivity contribution >= 4 is 10.8 Å². The van der Waals surface area contributed by atoms with Gasteiger partial charge in [-0.2, -0.15) is 0 Å². The molecule has 0 aromatic heterocycles. The average molecular weight is 312 g/mol. The maximum Gasteiger partial charge on any atom is 0.312 e. The summed E-state index contributed by atoms with van der Waals surface area (Å²) in [6.45, 7) is 8.66. The van der Waals surface area contributed by atoms with Gasteiger partial charge in [0.1, 0.15) is 0 Å². The van der Waals surface area contributed by atoms with Gasteiger partial charge in [-0.25, -0.2) is 0 Å². The molecule has 23 heavy (non-hydrogen) atoms. The van der Waals surface area contributed by atoms with E-state index in [0.717, 1.165) is 12.0 Å². The second-order valence-electron chi connectivity index (χ2n) is 7.36. The molecule has 3 heterocycles. The Balaban J connectivity index is 1.70. The maximum absolute atomic E-state index is 5.94. The molecule has 3 heteroatoms. The Morgan fingerprint density at radius 3 is 2.22 bits per heavy atom. The van der Waals surface area contributed by atoms with E-state index >= 15 is 0 Å². The maximum atomic E-state index is 5.94. The smallest absolute Gasteiger partial charge is 0.312 e. The molecule has 3 aliphatic heterocycles. The first kappa shape index (κ1) is 15.1. The topological polar surface area (TPSA) is 27.7 Å². The molecule has 2 aromatic carbocycles. The molecule has 3 fully saturated rings. The van der Waals surface area contributed by atoms with E-state index in [1.54, 1.807) is 0 Å². The first-order valence-corrected chi connectivity index (χ1v) is 8.50. The van der Waals surface area contributed by atoms with E-state index in [-0.39, 0.29) is 5.41 Å². The molecule has 3 nitrogen and oxygen atoms in total. The highest BCUT2D eigenvalue weighted by Gasteiger charge is 2.51. The first-order chi connectivity index (χ1) is 11.0. The Morgan fingerprint density at radius 1 is 0.957 bits per heavy atom. The molecule has 122 valence electrons. The van der Waals surface area contributed by atoms with E-state index in [1.807, 2.05) is 0 Å². The number of hydrogen-bond donors (Lipinski definition) is 0. The Bertz CT molecular complexity index is 712. The first-order valence-electron chi connectivity index (χ1n) is 8.50. The van der Waals surface area contributed by atoms with Gasteiger partial charge >= 0.3 is 5.97 Å². The normalized spacial score (nSPS) is 31.4. The molecule has 1 unspecified atom stereocenters. The monoisotopic (exact) mass is 312 g/mol. The molecule has 3 aliphatic rings. The summed E-state index contributed by atoms with van der Waals surface area (Å²) in [4.78, 5) is 0. The third kappa shape index (κ3) is 2.47. The van der Waals surface area contributed by atoms with Gasteiger partial charge in [-0.1, -0.05) is 51.1 Å². The lowest BCUT2D eigenvalue weighted by Gasteiger charge is -2.50. The SMILES string of the molecule is CCC(C)c1ccc2cc(C34OCC(C)(CO3)CO4)ccc2c1. The van der Waals surface area contributed by atoms with Crippen molar-refractivity contribution in [3.05, 3.63) is 47.5 Å². The van der Waals surface area contributed by atoms with Gasteiger partial charge in [-0.3, -0.25) is 0 Å². The molecule has 3 saturated heterocycles. The lowest BCUT2D eigenvalue weighted by molar-refractivity contribution is -0.477. The third-order valence-electron chi connectivity index (χ3n) is 5.23. The summed E-state index contributed by atoms with van der Waals surface area (Å²) >= 11 is 0. The second-order valence-corrected chi connectivity index (χ2v) is 7.36. The van der Waals surface area contributed by atoms with E-state index in [9.17, 15) is 0 Å². The van der Waals surface area contributed by atoms with Crippen molar-refractivity contribution < 1.29 is 14.2 Å². The molecule has 0 saturated carbocycles. The van der Waals surface area contributed by atoms with Crippen molar-refractivity contribution in [3.63, 3.8) is 0 Å². The number of fused-ring (bicyclic) bond motifs is 4. The van der Waals surface area contributed by atoms with E-state index in [4.69, 9.17) is 14.2 Å². The number of hydrogen-bond acceptors (Lipinski definition) is 3. The van der Waals surface area contributed by atoms with Crippen molar-refractivity contribution in [1.29, 1.82) is 0 Å². The van der Waals surface area contributed by atoms with Crippen LogP contribution in [0, 0.1) is 5.41 Å². The van der Waals surface area contributed by atoms with Crippen molar-refractivity contribution in [2.24, 2.45) is 5.41 Å². The lowest BCUT2D eigenvalue weighted by atomic mass is 9.90. The fourth-order valence-corrected chi connectivity index (χ4v) is 3.30. The summed E-state index contributed by atoms with van der Waals surface area (Å²) in [6.07, 6.45) is 1.15. The summed E-state index contributed by atoms with van der Waals surface area (Å²) < 4.78 is 17.8. The van der Waals surface area contributed by atoms with Crippen LogP contribution in [-0.4, -0.2) is 19.8 Å². The van der Waals surface area contributed by atoms with Crippen molar-refractivity contribution in [2.75, 3.05) is 19.8 Å². The largest absolute Gasteiger partial charge is 0.323 e. The minimum Gasteiger partial charge on any atom is -0.323 e. The quantitative estimate of drug-likeness (QED) is 0.832. The zero-order chi connectivity index (χ0) is 16.1. The van der Waals surface area contributed by atoms with Crippen LogP contribution in [0.3, 0.4) is 0 Å². The molecule has 0 spiro atoms. The molecule has 0 N–H and O–H groups in total. The zero-order valence-electron chi connectivity index (χ0n) is 14.1. The molecular formula is C20H24O3. The molecule has 1 atom stereocenters. The van der Waals surface area contributed by atoms with Gasteiger partial charge in [0.15, 0.2) is 0 Å². The average Bonchev–Trinajstić information content (AvgIpc) is 2.61. The van der Waals surface area contributed by atoms with Gasteiger partial charge in [0.05, 0.1) is 19.8 Å². The van der Waals surface area contributed by atoms with Crippen LogP contribution < -0.4 is 0 Å². The Kier molecular flexibility index (Phi) is 3.49. The van der Waals surface area contributed by atoms with Gasteiger partial charge in [-0.05, 0) is 34.7 Å². The van der Waals surface area contributed by atoms with Crippen LogP contribution in [-0.2, 0) is 20.2 Å². The zero-order valence-corrected chi connectivity index (χ0v) is 14.1. The molecule has 0 radical (unpaired) electrons. The van der Waals surface area contributed by atoms with Crippen LogP contribution in [0.15, 0.2) is 36.4 Å². The Labute approximate surface area is 137 Å². The van der Waals surface area contributed by atoms with Gasteiger partial charge in [0.25, 0.3) is 0 Å². The van der Waals surface area contributed by atoms with E-state index in [2.05, 4.69) is 57.2 Å². The van der Waals surface area contributed by atoms with Crippen LogP contribution in [0.4, 0.5) is 0 Å². The molecule has 2 bridgehead atoms. The highest BCUT2D eigenvalue weighted by atomic mass is 16.9. The molecule has 5 rings (SSSR count). The molecule has 0 aliphatic carbocycles. The highest BCUT2D eigenvalue weighted by molar-refractivity contribution is 5.84. The van der Waals surface area contributed by atoms with Crippen molar-refractivity contribution in [3.8, 4) is 0 Å². The Morgan fingerprint density at radius 2 is 1.57 bits per heavy atom. The summed E-state index contributed by atoms with van der Waals surface area (Å²) in [6, 6.07) is 13.0. The third-order valence-corrected chi connectivity index (χ3v) is 5.23. The predicted molar refractivity (Wildman–Crippen MR) is 90.3 cm³/mol. The Hall–Kier alpha value is -1.42. The fourth-order valence-electron chi connectivity index (χ4n) is 3.30. The van der Waals surface area contributed by atoms with Gasteiger partial charge in [0, 0.05) is 11.0 Å². The van der Waals surface area contributed by atoms with Crippen LogP contribution in [0.25, 0.3) is 10.8 Å². The van der Waals surface area contributed by atoms with Gasteiger partial charge < -0.3 is 14.2 Å². The lowest BCUT2D eigenvalue weighted by Crippen LogP contribution is -2.57. The molecule has 2 aromatic rings. The summed E-state index contributed by atoms with van der Waals surface area (Å²) in [5.74, 6) is -0.427. The molecule has 0 amide bonds. The van der Waals surface area contributed by atoms with Gasteiger partial charge in [0.2, 0.25) is 0 Å². The standard InChI is InChI=1S/C20H24O3/c1-4-14(2)15-5-6-17-10-18(8-7-16(17)9-15)20-21-11-19(3,12-22-20)13-23-20/h5-10,14H,4,11-13H2,1-3H3. The minimum atomic E-state index is -1.01. The fraction of sp³-hybridized carbons (Fsp3) is 0.500. The highest BCUT2D eigenvalue weighted by Crippen LogP contribution is 2.44. The van der Waals surface area contributed by atoms with Crippen LogP contribution in [0.5, 0.6) is 0 Å². The van der Waals surface area contributed by atoms with E-state index < -0.39 is 5.97 Å². The van der Waals surface area contributed by atoms with Crippen LogP contribution in [0.1, 0.15) is 44.2 Å². The van der Waals surface area contributed by atoms with Crippen molar-refractivity contribution in [2.45, 2.75) is 39.1 Å². The molecular weight excluding hydrogens is 288 g/mol. The van der Waals surface area contributed by atoms with Crippen molar-refractivity contribution in [1.82, 2.24) is 0 Å². The number of rotatable bonds is 3. The summed E-state index contributed by atoms with van der Waals surface area (Å²) in [5, 5.41) is 2.44. The van der Waals surface area contributed by atoms with Crippen LogP contribution in [0.2, 0.25) is 0 Å². The summed E-state index contributed by atoms with van der Waals surface area (Å²) in [5.41, 5.74) is 2.33. The number of benzene rings is 2. The minimum absolute atomic E-state index is 0.0101. The predicted octanol–water partition coefficient (Wildman–Crippen LogP) is 4.55. The number of ether oxygens (including phenoxy) is 3. The van der Waals surface area contributed by atoms with Gasteiger partial charge in [-0.15, -0.1) is 0 Å².